The summed E-state index contributed by atoms with van der Waals surface area (Å²) in [5, 5.41) is 8.78. The Morgan fingerprint density at radius 1 is 0.674 bits per heavy atom. The van der Waals surface area contributed by atoms with Crippen LogP contribution in [0.15, 0.2) is 0 Å². The van der Waals surface area contributed by atoms with E-state index in [-0.39, 0.29) is 49.0 Å². The first-order chi connectivity index (χ1) is 20.1. The number of phosphoric acid groups is 1. The van der Waals surface area contributed by atoms with E-state index < -0.39 is 51.1 Å². The van der Waals surface area contributed by atoms with Gasteiger partial charge in [-0.25, -0.2) is 0 Å². The van der Waals surface area contributed by atoms with Gasteiger partial charge >= 0.3 is 47.5 Å². The van der Waals surface area contributed by atoms with E-state index in [0.29, 0.717) is 12.8 Å². The zero-order chi connectivity index (χ0) is 31.5. The van der Waals surface area contributed by atoms with Gasteiger partial charge in [-0.2, -0.15) is 0 Å². The standard InChI is InChI=1S/C30H58NO10P.Na/c1-3-5-7-9-11-13-15-17-19-21-28(32)38-23-26(24-39-42(36,37)40-25-27(31)30(34)35)41-29(33)22-20-18-16-14-12-10-8-6-4-2;/h26-27H,3-25,31H2,1-2H3,(H,34,35)(H,36,37);/q;+1/p-1/t26-,27+;/m1./s1. The first kappa shape index (κ1) is 44.6. The van der Waals surface area contributed by atoms with Gasteiger partial charge in [0.1, 0.15) is 12.6 Å². The molecular formula is C30H57NNaO10P. The Bertz CT molecular complexity index is 758. The second kappa shape index (κ2) is 30.2. The third-order valence-electron chi connectivity index (χ3n) is 6.85. The third kappa shape index (κ3) is 29.9. The molecule has 0 aliphatic heterocycles. The Hall–Kier alpha value is -0.520. The zero-order valence-corrected chi connectivity index (χ0v) is 30.0. The van der Waals surface area contributed by atoms with Gasteiger partial charge < -0.3 is 34.3 Å². The Labute approximate surface area is 281 Å². The van der Waals surface area contributed by atoms with Crippen LogP contribution in [0.3, 0.4) is 0 Å². The molecule has 0 aromatic rings. The number of unbranched alkanes of at least 4 members (excludes halogenated alkanes) is 16. The number of carboxylic acids is 1. The topological polar surface area (TPSA) is 175 Å². The second-order valence-electron chi connectivity index (χ2n) is 10.9. The summed E-state index contributed by atoms with van der Waals surface area (Å²) in [5.41, 5.74) is 5.25. The first-order valence-corrected chi connectivity index (χ1v) is 17.5. The number of hydrogen-bond donors (Lipinski definition) is 2. The van der Waals surface area contributed by atoms with Crippen LogP contribution in [-0.2, 0) is 37.5 Å². The number of phosphoric ester groups is 1. The second-order valence-corrected chi connectivity index (χ2v) is 12.3. The van der Waals surface area contributed by atoms with Crippen LogP contribution >= 0.6 is 7.82 Å². The summed E-state index contributed by atoms with van der Waals surface area (Å²) in [6.45, 7) is 2.55. The Morgan fingerprint density at radius 3 is 1.51 bits per heavy atom. The maximum absolute atomic E-state index is 12.4. The Kier molecular flexibility index (Phi) is 31.3. The molecule has 0 saturated carbocycles. The van der Waals surface area contributed by atoms with Crippen LogP contribution < -0.4 is 40.2 Å². The third-order valence-corrected chi connectivity index (χ3v) is 7.78. The van der Waals surface area contributed by atoms with E-state index in [1.54, 1.807) is 0 Å². The van der Waals surface area contributed by atoms with Gasteiger partial charge in [0.05, 0.1) is 13.2 Å². The van der Waals surface area contributed by atoms with Crippen molar-refractivity contribution in [2.24, 2.45) is 5.73 Å². The molecule has 3 atom stereocenters. The molecule has 0 bridgehead atoms. The molecule has 3 N–H and O–H groups in total. The maximum atomic E-state index is 12.4. The molecule has 0 amide bonds. The molecule has 248 valence electrons. The molecule has 0 heterocycles. The van der Waals surface area contributed by atoms with Gasteiger partial charge in [0, 0.05) is 12.8 Å². The van der Waals surface area contributed by atoms with E-state index in [2.05, 4.69) is 18.4 Å². The van der Waals surface area contributed by atoms with Crippen LogP contribution in [0.2, 0.25) is 0 Å². The van der Waals surface area contributed by atoms with Crippen molar-refractivity contribution in [1.29, 1.82) is 0 Å². The van der Waals surface area contributed by atoms with E-state index in [9.17, 15) is 23.8 Å². The van der Waals surface area contributed by atoms with Gasteiger partial charge in [0.15, 0.2) is 6.10 Å². The Morgan fingerprint density at radius 2 is 1.07 bits per heavy atom. The minimum Gasteiger partial charge on any atom is -0.756 e. The summed E-state index contributed by atoms with van der Waals surface area (Å²) in [6, 6.07) is -1.55. The van der Waals surface area contributed by atoms with Crippen LogP contribution in [0.25, 0.3) is 0 Å². The number of ether oxygens (including phenoxy) is 2. The van der Waals surface area contributed by atoms with E-state index in [4.69, 9.17) is 24.8 Å². The summed E-state index contributed by atoms with van der Waals surface area (Å²) in [6.07, 6.45) is 19.0. The number of carboxylic acid groups (broad SMARTS) is 1. The van der Waals surface area contributed by atoms with Crippen molar-refractivity contribution >= 4 is 25.7 Å². The first-order valence-electron chi connectivity index (χ1n) is 16.0. The van der Waals surface area contributed by atoms with Crippen molar-refractivity contribution in [3.63, 3.8) is 0 Å². The average molecular weight is 646 g/mol. The molecule has 0 rings (SSSR count). The van der Waals surface area contributed by atoms with Crippen LogP contribution in [0, 0.1) is 0 Å². The van der Waals surface area contributed by atoms with Gasteiger partial charge in [0.25, 0.3) is 7.82 Å². The molecule has 1 unspecified atom stereocenters. The summed E-state index contributed by atoms with van der Waals surface area (Å²) in [7, 11) is -4.94. The van der Waals surface area contributed by atoms with Crippen molar-refractivity contribution in [2.75, 3.05) is 19.8 Å². The van der Waals surface area contributed by atoms with Gasteiger partial charge in [-0.05, 0) is 12.8 Å². The number of esters is 2. The molecule has 0 spiro atoms. The normalized spacial score (nSPS) is 13.9. The molecule has 0 aliphatic carbocycles. The molecule has 13 heteroatoms. The fourth-order valence-corrected chi connectivity index (χ4v) is 5.00. The van der Waals surface area contributed by atoms with E-state index >= 15 is 0 Å². The molecule has 0 radical (unpaired) electrons. The van der Waals surface area contributed by atoms with Crippen LogP contribution in [-0.4, -0.2) is 55.0 Å². The molecule has 11 nitrogen and oxygen atoms in total. The van der Waals surface area contributed by atoms with Gasteiger partial charge in [-0.1, -0.05) is 117 Å². The quantitative estimate of drug-likeness (QED) is 0.0508. The summed E-state index contributed by atoms with van der Waals surface area (Å²) in [4.78, 5) is 47.4. The average Bonchev–Trinajstić information content (AvgIpc) is 2.95. The predicted molar refractivity (Wildman–Crippen MR) is 160 cm³/mol. The van der Waals surface area contributed by atoms with Crippen molar-refractivity contribution in [3.05, 3.63) is 0 Å². The van der Waals surface area contributed by atoms with Crippen molar-refractivity contribution in [3.8, 4) is 0 Å². The largest absolute Gasteiger partial charge is 1.00 e. The number of carbonyl (C=O) groups excluding carboxylic acids is 2. The van der Waals surface area contributed by atoms with Gasteiger partial charge in [-0.15, -0.1) is 0 Å². The van der Waals surface area contributed by atoms with Crippen LogP contribution in [0.4, 0.5) is 0 Å². The molecule has 0 aromatic heterocycles. The summed E-state index contributed by atoms with van der Waals surface area (Å²) >= 11 is 0. The zero-order valence-electron chi connectivity index (χ0n) is 27.1. The fraction of sp³-hybridized carbons (Fsp3) is 0.900. The molecule has 0 saturated heterocycles. The molecule has 0 aliphatic rings. The van der Waals surface area contributed by atoms with Crippen molar-refractivity contribution in [1.82, 2.24) is 0 Å². The van der Waals surface area contributed by atoms with Gasteiger partial charge in [-0.3, -0.25) is 18.9 Å². The fourth-order valence-electron chi connectivity index (χ4n) is 4.23. The summed E-state index contributed by atoms with van der Waals surface area (Å²) in [5.74, 6) is -2.44. The molecule has 0 fully saturated rings. The summed E-state index contributed by atoms with van der Waals surface area (Å²) < 4.78 is 31.9. The van der Waals surface area contributed by atoms with E-state index in [0.717, 1.165) is 38.5 Å². The van der Waals surface area contributed by atoms with Crippen molar-refractivity contribution < 1.29 is 77.0 Å². The number of aliphatic carboxylic acids is 1. The predicted octanol–water partition coefficient (Wildman–Crippen LogP) is 3.20. The molecule has 0 aromatic carbocycles. The number of carbonyl (C=O) groups is 3. The molecular weight excluding hydrogens is 588 g/mol. The number of rotatable bonds is 30. The van der Waals surface area contributed by atoms with E-state index in [1.807, 2.05) is 0 Å². The monoisotopic (exact) mass is 645 g/mol. The number of hydrogen-bond acceptors (Lipinski definition) is 10. The maximum Gasteiger partial charge on any atom is 1.00 e. The molecule has 43 heavy (non-hydrogen) atoms. The minimum absolute atomic E-state index is 0. The SMILES string of the molecule is CCCCCCCCCCCC(=O)OC[C@H](COP(=O)([O-])OC[C@H](N)C(=O)O)OC(=O)CCCCCCCCCCC.[Na+]. The van der Waals surface area contributed by atoms with Gasteiger partial charge in [0.2, 0.25) is 0 Å². The van der Waals surface area contributed by atoms with Crippen molar-refractivity contribution in [2.45, 2.75) is 154 Å². The Balaban J connectivity index is 0. The number of nitrogens with two attached hydrogens (primary N) is 1. The smallest absolute Gasteiger partial charge is 0.756 e. The minimum atomic E-state index is -4.94. The van der Waals surface area contributed by atoms with E-state index in [1.165, 1.54) is 64.2 Å². The van der Waals surface area contributed by atoms with Crippen LogP contribution in [0.1, 0.15) is 142 Å². The van der Waals surface area contributed by atoms with Crippen LogP contribution in [0.5, 0.6) is 0 Å².